The molecule has 0 saturated carbocycles. The summed E-state index contributed by atoms with van der Waals surface area (Å²) in [4.78, 5) is 31.4. The molecule has 3 rings (SSSR count). The molecule has 3 heterocycles. The highest BCUT2D eigenvalue weighted by molar-refractivity contribution is 7.15. The summed E-state index contributed by atoms with van der Waals surface area (Å²) in [5.41, 5.74) is -0.451. The summed E-state index contributed by atoms with van der Waals surface area (Å²) in [5, 5.41) is 3.23. The molecule has 0 bridgehead atoms. The van der Waals surface area contributed by atoms with Gasteiger partial charge in [-0.2, -0.15) is 0 Å². The zero-order chi connectivity index (χ0) is 22.1. The van der Waals surface area contributed by atoms with Crippen LogP contribution in [0.5, 0.6) is 0 Å². The van der Waals surface area contributed by atoms with Gasteiger partial charge in [-0.25, -0.2) is 23.4 Å². The number of amides is 1. The maximum atomic E-state index is 13.3. The van der Waals surface area contributed by atoms with Gasteiger partial charge in [-0.3, -0.25) is 10.2 Å². The van der Waals surface area contributed by atoms with Crippen molar-refractivity contribution in [3.05, 3.63) is 40.2 Å². The first kappa shape index (κ1) is 22.4. The molecule has 1 saturated heterocycles. The molecule has 11 heteroatoms. The highest BCUT2D eigenvalue weighted by Gasteiger charge is 2.45. The Morgan fingerprint density at radius 1 is 1.43 bits per heavy atom. The molecule has 1 atom stereocenters. The standard InChI is InChI=1S/C19H21ClF2N4O3S/c1-18(2,3)29-17(28)24-16-23-6-15(30-16)14(8-25-10-19(21,22)11-25)26-7-12(20)4-5-13(26)9-27/h4-7,14H,8,10-11H2,1-3H3,(H,23,24,28). The Morgan fingerprint density at radius 2 is 2.13 bits per heavy atom. The van der Waals surface area contributed by atoms with Gasteiger partial charge in [-0.1, -0.05) is 22.9 Å². The lowest BCUT2D eigenvalue weighted by Crippen LogP contribution is -2.57. The van der Waals surface area contributed by atoms with E-state index in [1.165, 1.54) is 12.3 Å². The first-order valence-corrected chi connectivity index (χ1v) is 10.3. The SMILES string of the molecule is CC(C)(C)OC(=O)Nc1ncc(C(CN2CC(F)(F)C2)N2C=C(Cl)C=CC2=C=O)s1. The van der Waals surface area contributed by atoms with Crippen LogP contribution in [-0.2, 0) is 9.53 Å². The Morgan fingerprint density at radius 3 is 2.73 bits per heavy atom. The maximum absolute atomic E-state index is 13.3. The molecule has 30 heavy (non-hydrogen) atoms. The van der Waals surface area contributed by atoms with E-state index < -0.39 is 23.7 Å². The number of nitrogens with one attached hydrogen (secondary N) is 1. The number of allylic oxidation sites excluding steroid dienone is 3. The van der Waals surface area contributed by atoms with Crippen molar-refractivity contribution in [2.45, 2.75) is 38.3 Å². The van der Waals surface area contributed by atoms with Crippen molar-refractivity contribution in [3.8, 4) is 0 Å². The van der Waals surface area contributed by atoms with E-state index in [-0.39, 0.29) is 30.5 Å². The fraction of sp³-hybridized carbons (Fsp3) is 0.474. The highest BCUT2D eigenvalue weighted by Crippen LogP contribution is 2.37. The number of nitrogens with zero attached hydrogens (tertiary/aromatic N) is 3. The summed E-state index contributed by atoms with van der Waals surface area (Å²) < 4.78 is 31.9. The number of thiazole rings is 1. The number of carbonyl (C=O) groups is 1. The molecule has 1 aromatic heterocycles. The number of hydrogen-bond acceptors (Lipinski definition) is 7. The molecule has 1 N–H and O–H groups in total. The normalized spacial score (nSPS) is 19.6. The second-order valence-electron chi connectivity index (χ2n) is 7.98. The first-order chi connectivity index (χ1) is 14.0. The Kier molecular flexibility index (Phi) is 6.33. The summed E-state index contributed by atoms with van der Waals surface area (Å²) in [6.45, 7) is 4.70. The topological polar surface area (TPSA) is 74.8 Å². The number of hydrogen-bond donors (Lipinski definition) is 1. The smallest absolute Gasteiger partial charge is 0.413 e. The molecule has 162 valence electrons. The number of rotatable bonds is 5. The van der Waals surface area contributed by atoms with Gasteiger partial charge in [0.25, 0.3) is 5.92 Å². The van der Waals surface area contributed by atoms with Crippen molar-refractivity contribution >= 4 is 40.1 Å². The quantitative estimate of drug-likeness (QED) is 0.668. The molecule has 2 aliphatic rings. The summed E-state index contributed by atoms with van der Waals surface area (Å²) in [7, 11) is 0. The molecule has 1 aromatic rings. The Labute approximate surface area is 181 Å². The zero-order valence-electron chi connectivity index (χ0n) is 16.6. The average Bonchev–Trinajstić information content (AvgIpc) is 3.04. The monoisotopic (exact) mass is 458 g/mol. The molecule has 1 amide bonds. The molecule has 7 nitrogen and oxygen atoms in total. The van der Waals surface area contributed by atoms with Gasteiger partial charge in [0.2, 0.25) is 0 Å². The van der Waals surface area contributed by atoms with Crippen LogP contribution in [0.4, 0.5) is 18.7 Å². The first-order valence-electron chi connectivity index (χ1n) is 9.10. The minimum atomic E-state index is -2.72. The number of anilines is 1. The van der Waals surface area contributed by atoms with Crippen LogP contribution >= 0.6 is 22.9 Å². The second kappa shape index (κ2) is 8.47. The summed E-state index contributed by atoms with van der Waals surface area (Å²) >= 11 is 7.26. The molecule has 0 radical (unpaired) electrons. The van der Waals surface area contributed by atoms with Crippen LogP contribution in [0.3, 0.4) is 0 Å². The third-order valence-corrected chi connectivity index (χ3v) is 5.42. The minimum Gasteiger partial charge on any atom is -0.444 e. The van der Waals surface area contributed by atoms with Crippen LogP contribution < -0.4 is 5.32 Å². The molecule has 1 unspecified atom stereocenters. The molecular formula is C19H21ClF2N4O3S. The highest BCUT2D eigenvalue weighted by atomic mass is 35.5. The van der Waals surface area contributed by atoms with Crippen molar-refractivity contribution in [2.24, 2.45) is 0 Å². The van der Waals surface area contributed by atoms with E-state index in [9.17, 15) is 18.4 Å². The van der Waals surface area contributed by atoms with E-state index in [0.29, 0.717) is 9.91 Å². The predicted octanol–water partition coefficient (Wildman–Crippen LogP) is 4.15. The van der Waals surface area contributed by atoms with Gasteiger partial charge in [0.15, 0.2) is 11.1 Å². The maximum Gasteiger partial charge on any atom is 0.413 e. The van der Waals surface area contributed by atoms with E-state index in [2.05, 4.69) is 10.3 Å². The molecular weight excluding hydrogens is 438 g/mol. The van der Waals surface area contributed by atoms with Crippen molar-refractivity contribution < 1.29 is 23.1 Å². The van der Waals surface area contributed by atoms with Crippen molar-refractivity contribution in [1.82, 2.24) is 14.8 Å². The van der Waals surface area contributed by atoms with Crippen LogP contribution in [0.15, 0.2) is 35.3 Å². The number of carbonyl (C=O) groups excluding carboxylic acids is 2. The summed E-state index contributed by atoms with van der Waals surface area (Å²) in [6.07, 6.45) is 5.48. The molecule has 1 fully saturated rings. The van der Waals surface area contributed by atoms with Crippen LogP contribution in [0.2, 0.25) is 0 Å². The van der Waals surface area contributed by atoms with Gasteiger partial charge in [0.1, 0.15) is 11.3 Å². The number of ether oxygens (including phenoxy) is 1. The number of halogens is 3. The van der Waals surface area contributed by atoms with Gasteiger partial charge in [-0.15, -0.1) is 0 Å². The predicted molar refractivity (Wildman–Crippen MR) is 110 cm³/mol. The largest absolute Gasteiger partial charge is 0.444 e. The van der Waals surface area contributed by atoms with Gasteiger partial charge < -0.3 is 9.64 Å². The lowest BCUT2D eigenvalue weighted by Gasteiger charge is -2.42. The van der Waals surface area contributed by atoms with E-state index in [1.54, 1.807) is 42.8 Å². The number of alkyl halides is 2. The minimum absolute atomic E-state index is 0.212. The lowest BCUT2D eigenvalue weighted by molar-refractivity contribution is -0.134. The Hall–Kier alpha value is -2.26. The summed E-state index contributed by atoms with van der Waals surface area (Å²) in [6, 6.07) is -0.525. The zero-order valence-corrected chi connectivity index (χ0v) is 18.2. The lowest BCUT2D eigenvalue weighted by atomic mass is 10.1. The number of likely N-dealkylation sites (tertiary alicyclic amines) is 1. The van der Waals surface area contributed by atoms with E-state index in [1.807, 2.05) is 5.94 Å². The summed E-state index contributed by atoms with van der Waals surface area (Å²) in [5.74, 6) is -0.876. The van der Waals surface area contributed by atoms with Gasteiger partial charge in [-0.05, 0) is 32.9 Å². The fourth-order valence-corrected chi connectivity index (χ4v) is 4.08. The van der Waals surface area contributed by atoms with Gasteiger partial charge >= 0.3 is 6.09 Å². The Bertz CT molecular complexity index is 926. The van der Waals surface area contributed by atoms with E-state index in [4.69, 9.17) is 16.3 Å². The van der Waals surface area contributed by atoms with Crippen molar-refractivity contribution in [1.29, 1.82) is 0 Å². The van der Waals surface area contributed by atoms with Crippen molar-refractivity contribution in [2.75, 3.05) is 25.0 Å². The number of aromatic nitrogens is 1. The average molecular weight is 459 g/mol. The van der Waals surface area contributed by atoms with Crippen molar-refractivity contribution in [3.63, 3.8) is 0 Å². The second-order valence-corrected chi connectivity index (χ2v) is 9.48. The van der Waals surface area contributed by atoms with E-state index in [0.717, 1.165) is 11.3 Å². The van der Waals surface area contributed by atoms with Crippen LogP contribution in [-0.4, -0.2) is 58.0 Å². The third-order valence-electron chi connectivity index (χ3n) is 4.18. The molecule has 2 aliphatic heterocycles. The molecule has 0 aromatic carbocycles. The molecule has 0 spiro atoms. The van der Waals surface area contributed by atoms with Gasteiger partial charge in [0, 0.05) is 18.9 Å². The molecule has 0 aliphatic carbocycles. The van der Waals surface area contributed by atoms with Crippen LogP contribution in [0.1, 0.15) is 31.7 Å². The van der Waals surface area contributed by atoms with Crippen LogP contribution in [0.25, 0.3) is 0 Å². The van der Waals surface area contributed by atoms with Gasteiger partial charge in [0.05, 0.1) is 29.0 Å². The fourth-order valence-electron chi connectivity index (χ4n) is 3.02. The Balaban J connectivity index is 1.82. The van der Waals surface area contributed by atoms with E-state index >= 15 is 0 Å². The third kappa shape index (κ3) is 5.66. The van der Waals surface area contributed by atoms with Crippen LogP contribution in [0, 0.1) is 0 Å².